The van der Waals surface area contributed by atoms with Gasteiger partial charge >= 0.3 is 11.9 Å². The van der Waals surface area contributed by atoms with Crippen molar-refractivity contribution in [3.63, 3.8) is 0 Å². The van der Waals surface area contributed by atoms with E-state index in [1.165, 1.54) is 18.2 Å². The van der Waals surface area contributed by atoms with Gasteiger partial charge in [-0.15, -0.1) is 0 Å². The standard InChI is InChI=1S/C24H28N2O5S/c1-23(2,3)30-20(28)16-12-13-18(17(14-16)21(29)31-24(4,5)6)25-22(32)26-19(27)15-10-8-7-9-11-15/h7-14H,1-6H3,(H2,25,26,27,32). The number of anilines is 1. The highest BCUT2D eigenvalue weighted by Gasteiger charge is 2.24. The Morgan fingerprint density at radius 2 is 1.34 bits per heavy atom. The first-order chi connectivity index (χ1) is 14.7. The summed E-state index contributed by atoms with van der Waals surface area (Å²) in [5.41, 5.74) is -0.457. The maximum atomic E-state index is 12.8. The third kappa shape index (κ3) is 7.77. The van der Waals surface area contributed by atoms with Crippen molar-refractivity contribution in [2.24, 2.45) is 0 Å². The fraction of sp³-hybridized carbons (Fsp3) is 0.333. The third-order valence-electron chi connectivity index (χ3n) is 3.78. The third-order valence-corrected chi connectivity index (χ3v) is 3.99. The lowest BCUT2D eigenvalue weighted by atomic mass is 10.1. The van der Waals surface area contributed by atoms with Crippen molar-refractivity contribution in [3.05, 3.63) is 65.2 Å². The van der Waals surface area contributed by atoms with Gasteiger partial charge in [-0.2, -0.15) is 0 Å². The first-order valence-corrected chi connectivity index (χ1v) is 10.4. The van der Waals surface area contributed by atoms with Gasteiger partial charge < -0.3 is 14.8 Å². The Morgan fingerprint density at radius 1 is 0.781 bits per heavy atom. The van der Waals surface area contributed by atoms with Crippen LogP contribution in [0.4, 0.5) is 5.69 Å². The Kier molecular flexibility index (Phi) is 7.74. The van der Waals surface area contributed by atoms with Gasteiger partial charge in [0.25, 0.3) is 5.91 Å². The van der Waals surface area contributed by atoms with Crippen LogP contribution in [0.2, 0.25) is 0 Å². The largest absolute Gasteiger partial charge is 0.456 e. The summed E-state index contributed by atoms with van der Waals surface area (Å²) in [7, 11) is 0. The molecule has 8 heteroatoms. The van der Waals surface area contributed by atoms with E-state index in [0.717, 1.165) is 0 Å². The first kappa shape index (κ1) is 25.0. The van der Waals surface area contributed by atoms with Crippen molar-refractivity contribution in [2.45, 2.75) is 52.7 Å². The number of hydrogen-bond acceptors (Lipinski definition) is 6. The topological polar surface area (TPSA) is 93.7 Å². The molecular weight excluding hydrogens is 428 g/mol. The van der Waals surface area contributed by atoms with Crippen LogP contribution >= 0.6 is 12.2 Å². The number of esters is 2. The molecule has 0 unspecified atom stereocenters. The first-order valence-electron chi connectivity index (χ1n) is 10.0. The monoisotopic (exact) mass is 456 g/mol. The summed E-state index contributed by atoms with van der Waals surface area (Å²) < 4.78 is 10.9. The van der Waals surface area contributed by atoms with Gasteiger partial charge in [-0.3, -0.25) is 10.1 Å². The lowest BCUT2D eigenvalue weighted by Gasteiger charge is -2.22. The van der Waals surface area contributed by atoms with E-state index in [9.17, 15) is 14.4 Å². The fourth-order valence-electron chi connectivity index (χ4n) is 2.54. The van der Waals surface area contributed by atoms with Gasteiger partial charge in [0.1, 0.15) is 11.2 Å². The second-order valence-corrected chi connectivity index (χ2v) is 9.45. The van der Waals surface area contributed by atoms with Crippen LogP contribution in [0, 0.1) is 0 Å². The zero-order chi connectivity index (χ0) is 24.1. The Bertz CT molecular complexity index is 1020. The minimum absolute atomic E-state index is 0.00585. The molecule has 0 aliphatic heterocycles. The van der Waals surface area contributed by atoms with Gasteiger partial charge in [0.2, 0.25) is 0 Å². The van der Waals surface area contributed by atoms with Gasteiger partial charge in [-0.1, -0.05) is 18.2 Å². The van der Waals surface area contributed by atoms with Gasteiger partial charge in [-0.25, -0.2) is 9.59 Å². The number of benzene rings is 2. The minimum Gasteiger partial charge on any atom is -0.456 e. The number of ether oxygens (including phenoxy) is 2. The molecular formula is C24H28N2O5S. The van der Waals surface area contributed by atoms with Crippen LogP contribution in [-0.4, -0.2) is 34.2 Å². The van der Waals surface area contributed by atoms with E-state index in [1.54, 1.807) is 71.9 Å². The van der Waals surface area contributed by atoms with Crippen molar-refractivity contribution in [1.82, 2.24) is 5.32 Å². The van der Waals surface area contributed by atoms with Gasteiger partial charge in [0, 0.05) is 5.56 Å². The highest BCUT2D eigenvalue weighted by Crippen LogP contribution is 2.23. The SMILES string of the molecule is CC(C)(C)OC(=O)c1ccc(NC(=S)NC(=O)c2ccccc2)c(C(=O)OC(C)(C)C)c1. The van der Waals surface area contributed by atoms with Crippen molar-refractivity contribution in [1.29, 1.82) is 0 Å². The van der Waals surface area contributed by atoms with Gasteiger partial charge in [0.05, 0.1) is 16.8 Å². The molecule has 7 nitrogen and oxygen atoms in total. The molecule has 0 radical (unpaired) electrons. The van der Waals surface area contributed by atoms with Crippen LogP contribution in [0.5, 0.6) is 0 Å². The van der Waals surface area contributed by atoms with Crippen molar-refractivity contribution >= 4 is 40.9 Å². The molecule has 0 aromatic heterocycles. The van der Waals surface area contributed by atoms with Crippen molar-refractivity contribution < 1.29 is 23.9 Å². The molecule has 2 aromatic carbocycles. The highest BCUT2D eigenvalue weighted by molar-refractivity contribution is 7.80. The fourth-order valence-corrected chi connectivity index (χ4v) is 2.74. The second-order valence-electron chi connectivity index (χ2n) is 9.04. The average Bonchev–Trinajstić information content (AvgIpc) is 2.66. The smallest absolute Gasteiger partial charge is 0.340 e. The van der Waals surface area contributed by atoms with E-state index >= 15 is 0 Å². The van der Waals surface area contributed by atoms with Crippen LogP contribution in [0.1, 0.15) is 72.6 Å². The molecule has 0 atom stereocenters. The van der Waals surface area contributed by atoms with Crippen LogP contribution in [-0.2, 0) is 9.47 Å². The molecule has 0 saturated carbocycles. The molecule has 170 valence electrons. The number of carbonyl (C=O) groups excluding carboxylic acids is 3. The van der Waals surface area contributed by atoms with Crippen LogP contribution in [0.3, 0.4) is 0 Å². The Balaban J connectivity index is 2.29. The number of carbonyl (C=O) groups is 3. The minimum atomic E-state index is -0.752. The van der Waals surface area contributed by atoms with Crippen LogP contribution < -0.4 is 10.6 Å². The summed E-state index contributed by atoms with van der Waals surface area (Å²) in [5.74, 6) is -1.62. The number of rotatable bonds is 4. The molecule has 32 heavy (non-hydrogen) atoms. The zero-order valence-electron chi connectivity index (χ0n) is 19.1. The Morgan fingerprint density at radius 3 is 1.91 bits per heavy atom. The van der Waals surface area contributed by atoms with E-state index in [-0.39, 0.29) is 21.9 Å². The number of hydrogen-bond donors (Lipinski definition) is 2. The lowest BCUT2D eigenvalue weighted by Crippen LogP contribution is -2.34. The highest BCUT2D eigenvalue weighted by atomic mass is 32.1. The van der Waals surface area contributed by atoms with E-state index < -0.39 is 29.0 Å². The second kappa shape index (κ2) is 9.91. The predicted octanol–water partition coefficient (Wildman–Crippen LogP) is 4.72. The van der Waals surface area contributed by atoms with Crippen molar-refractivity contribution in [3.8, 4) is 0 Å². The Hall–Kier alpha value is -3.26. The van der Waals surface area contributed by atoms with Crippen molar-refractivity contribution in [2.75, 3.05) is 5.32 Å². The molecule has 2 N–H and O–H groups in total. The molecule has 0 heterocycles. The van der Waals surface area contributed by atoms with Crippen LogP contribution in [0.25, 0.3) is 0 Å². The Labute approximate surface area is 193 Å². The molecule has 0 fully saturated rings. The van der Waals surface area contributed by atoms with Crippen LogP contribution in [0.15, 0.2) is 48.5 Å². The number of nitrogens with one attached hydrogen (secondary N) is 2. The van der Waals surface area contributed by atoms with E-state index in [2.05, 4.69) is 10.6 Å². The summed E-state index contributed by atoms with van der Waals surface area (Å²) in [6, 6.07) is 13.0. The normalized spacial score (nSPS) is 11.3. The summed E-state index contributed by atoms with van der Waals surface area (Å²) in [5, 5.41) is 5.40. The maximum absolute atomic E-state index is 12.8. The summed E-state index contributed by atoms with van der Waals surface area (Å²) in [6.07, 6.45) is 0. The summed E-state index contributed by atoms with van der Waals surface area (Å²) in [4.78, 5) is 37.6. The quantitative estimate of drug-likeness (QED) is 0.508. The maximum Gasteiger partial charge on any atom is 0.340 e. The summed E-state index contributed by atoms with van der Waals surface area (Å²) >= 11 is 5.24. The molecule has 1 amide bonds. The molecule has 0 aliphatic carbocycles. The van der Waals surface area contributed by atoms with E-state index in [0.29, 0.717) is 5.56 Å². The van der Waals surface area contributed by atoms with E-state index in [1.807, 2.05) is 0 Å². The number of thiocarbonyl (C=S) groups is 1. The zero-order valence-corrected chi connectivity index (χ0v) is 19.9. The van der Waals surface area contributed by atoms with Gasteiger partial charge in [0.15, 0.2) is 5.11 Å². The predicted molar refractivity (Wildman–Crippen MR) is 127 cm³/mol. The molecule has 0 bridgehead atoms. The molecule has 0 spiro atoms. The molecule has 0 saturated heterocycles. The lowest BCUT2D eigenvalue weighted by molar-refractivity contribution is 0.00679. The molecule has 2 rings (SSSR count). The summed E-state index contributed by atoms with van der Waals surface area (Å²) in [6.45, 7) is 10.5. The average molecular weight is 457 g/mol. The molecule has 0 aliphatic rings. The van der Waals surface area contributed by atoms with E-state index in [4.69, 9.17) is 21.7 Å². The number of amides is 1. The van der Waals surface area contributed by atoms with Gasteiger partial charge in [-0.05, 0) is 84.1 Å². The molecule has 2 aromatic rings.